The highest BCUT2D eigenvalue weighted by Gasteiger charge is 2.37. The highest BCUT2D eigenvalue weighted by atomic mass is 16.5. The number of rotatable bonds is 3. The van der Waals surface area contributed by atoms with Crippen LogP contribution in [0.2, 0.25) is 0 Å². The molecule has 2 aliphatic rings. The molecule has 0 aromatic carbocycles. The van der Waals surface area contributed by atoms with Crippen LogP contribution >= 0.6 is 0 Å². The molecule has 4 heteroatoms. The van der Waals surface area contributed by atoms with Gasteiger partial charge in [0.25, 0.3) is 0 Å². The summed E-state index contributed by atoms with van der Waals surface area (Å²) in [5.74, 6) is 0. The number of morpholine rings is 1. The second-order valence-electron chi connectivity index (χ2n) is 4.63. The Bertz CT molecular complexity index is 188. The Balaban J connectivity index is 1.85. The van der Waals surface area contributed by atoms with Crippen LogP contribution in [0.1, 0.15) is 19.3 Å². The minimum absolute atomic E-state index is 0.110. The average Bonchev–Trinajstić information content (AvgIpc) is 2.28. The van der Waals surface area contributed by atoms with Crippen LogP contribution in [0.5, 0.6) is 0 Å². The van der Waals surface area contributed by atoms with Crippen LogP contribution in [0.3, 0.4) is 0 Å². The van der Waals surface area contributed by atoms with Gasteiger partial charge in [0.2, 0.25) is 0 Å². The van der Waals surface area contributed by atoms with Crippen molar-refractivity contribution in [3.63, 3.8) is 0 Å². The molecule has 0 bridgehead atoms. The molecule has 0 unspecified atom stereocenters. The fourth-order valence-electron chi connectivity index (χ4n) is 2.59. The number of piperidine rings is 1. The topological polar surface area (TPSA) is 44.7 Å². The van der Waals surface area contributed by atoms with Crippen LogP contribution < -0.4 is 5.32 Å². The van der Waals surface area contributed by atoms with Crippen molar-refractivity contribution in [2.75, 3.05) is 45.9 Å². The van der Waals surface area contributed by atoms with E-state index in [0.29, 0.717) is 6.61 Å². The van der Waals surface area contributed by atoms with Gasteiger partial charge in [0.05, 0.1) is 12.2 Å². The summed E-state index contributed by atoms with van der Waals surface area (Å²) in [6.07, 6.45) is 3.14. The molecule has 2 fully saturated rings. The highest BCUT2D eigenvalue weighted by Crippen LogP contribution is 2.27. The van der Waals surface area contributed by atoms with Gasteiger partial charge in [-0.25, -0.2) is 0 Å². The maximum absolute atomic E-state index is 8.83. The Morgan fingerprint density at radius 2 is 2.13 bits per heavy atom. The standard InChI is InChI=1S/C11H22N2O2/c14-8-1-6-13-7-9-15-11(10-13)2-4-12-5-3-11/h12,14H,1-10H2. The molecule has 2 saturated heterocycles. The molecule has 2 aliphatic heterocycles. The lowest BCUT2D eigenvalue weighted by atomic mass is 9.90. The van der Waals surface area contributed by atoms with E-state index in [0.717, 1.165) is 58.6 Å². The molecule has 2 heterocycles. The molecule has 0 amide bonds. The molecule has 0 aromatic rings. The van der Waals surface area contributed by atoms with Gasteiger partial charge in [-0.05, 0) is 32.4 Å². The van der Waals surface area contributed by atoms with Crippen molar-refractivity contribution in [1.29, 1.82) is 0 Å². The Morgan fingerprint density at radius 1 is 1.33 bits per heavy atom. The van der Waals surface area contributed by atoms with Crippen LogP contribution in [-0.2, 0) is 4.74 Å². The first-order valence-corrected chi connectivity index (χ1v) is 6.03. The Morgan fingerprint density at radius 3 is 2.87 bits per heavy atom. The van der Waals surface area contributed by atoms with Crippen molar-refractivity contribution in [1.82, 2.24) is 10.2 Å². The van der Waals surface area contributed by atoms with Gasteiger partial charge in [0.1, 0.15) is 0 Å². The summed E-state index contributed by atoms with van der Waals surface area (Å²) in [6.45, 7) is 6.39. The second-order valence-corrected chi connectivity index (χ2v) is 4.63. The van der Waals surface area contributed by atoms with E-state index in [1.165, 1.54) is 0 Å². The lowest BCUT2D eigenvalue weighted by Crippen LogP contribution is -2.56. The van der Waals surface area contributed by atoms with Crippen molar-refractivity contribution >= 4 is 0 Å². The van der Waals surface area contributed by atoms with Crippen molar-refractivity contribution < 1.29 is 9.84 Å². The van der Waals surface area contributed by atoms with E-state index in [4.69, 9.17) is 9.84 Å². The summed E-state index contributed by atoms with van der Waals surface area (Å²) in [7, 11) is 0. The SMILES string of the molecule is OCCCN1CCOC2(CCNCC2)C1. The van der Waals surface area contributed by atoms with Crippen molar-refractivity contribution in [3.05, 3.63) is 0 Å². The monoisotopic (exact) mass is 214 g/mol. The Kier molecular flexibility index (Phi) is 3.97. The van der Waals surface area contributed by atoms with E-state index in [9.17, 15) is 0 Å². The third-order valence-electron chi connectivity index (χ3n) is 3.47. The lowest BCUT2D eigenvalue weighted by molar-refractivity contribution is -0.123. The molecular weight excluding hydrogens is 192 g/mol. The molecule has 4 nitrogen and oxygen atoms in total. The van der Waals surface area contributed by atoms with E-state index in [2.05, 4.69) is 10.2 Å². The van der Waals surface area contributed by atoms with Crippen LogP contribution in [0.15, 0.2) is 0 Å². The fraction of sp³-hybridized carbons (Fsp3) is 1.00. The van der Waals surface area contributed by atoms with Crippen molar-refractivity contribution in [3.8, 4) is 0 Å². The lowest BCUT2D eigenvalue weighted by Gasteiger charge is -2.45. The van der Waals surface area contributed by atoms with Gasteiger partial charge < -0.3 is 15.2 Å². The zero-order valence-electron chi connectivity index (χ0n) is 9.37. The molecule has 0 aliphatic carbocycles. The molecule has 0 saturated carbocycles. The smallest absolute Gasteiger partial charge is 0.0833 e. The van der Waals surface area contributed by atoms with Gasteiger partial charge in [-0.2, -0.15) is 0 Å². The summed E-state index contributed by atoms with van der Waals surface area (Å²) in [5, 5.41) is 12.2. The van der Waals surface area contributed by atoms with Gasteiger partial charge in [-0.3, -0.25) is 4.90 Å². The normalized spacial score (nSPS) is 27.0. The molecule has 0 atom stereocenters. The highest BCUT2D eigenvalue weighted by molar-refractivity contribution is 4.91. The van der Waals surface area contributed by atoms with Crippen LogP contribution in [0.4, 0.5) is 0 Å². The summed E-state index contributed by atoms with van der Waals surface area (Å²) in [6, 6.07) is 0. The van der Waals surface area contributed by atoms with Gasteiger partial charge in [-0.15, -0.1) is 0 Å². The molecule has 88 valence electrons. The van der Waals surface area contributed by atoms with Crippen LogP contribution in [-0.4, -0.2) is 61.5 Å². The summed E-state index contributed by atoms with van der Waals surface area (Å²) >= 11 is 0. The predicted molar refractivity (Wildman–Crippen MR) is 58.9 cm³/mol. The van der Waals surface area contributed by atoms with E-state index in [1.54, 1.807) is 0 Å². The molecule has 2 N–H and O–H groups in total. The number of hydrogen-bond acceptors (Lipinski definition) is 4. The number of nitrogens with one attached hydrogen (secondary N) is 1. The molecule has 0 aromatic heterocycles. The molecule has 0 radical (unpaired) electrons. The van der Waals surface area contributed by atoms with Gasteiger partial charge in [0, 0.05) is 26.2 Å². The fourth-order valence-corrected chi connectivity index (χ4v) is 2.59. The first-order chi connectivity index (χ1) is 7.35. The van der Waals surface area contributed by atoms with Crippen molar-refractivity contribution in [2.24, 2.45) is 0 Å². The Labute approximate surface area is 91.6 Å². The second kappa shape index (κ2) is 5.25. The number of nitrogens with zero attached hydrogens (tertiary/aromatic N) is 1. The molecule has 2 rings (SSSR count). The third-order valence-corrected chi connectivity index (χ3v) is 3.47. The molecule has 1 spiro atoms. The molecular formula is C11H22N2O2. The van der Waals surface area contributed by atoms with E-state index >= 15 is 0 Å². The minimum Gasteiger partial charge on any atom is -0.396 e. The third kappa shape index (κ3) is 2.91. The summed E-state index contributed by atoms with van der Waals surface area (Å²) in [4.78, 5) is 2.44. The minimum atomic E-state index is 0.110. The van der Waals surface area contributed by atoms with Crippen molar-refractivity contribution in [2.45, 2.75) is 24.9 Å². The maximum atomic E-state index is 8.83. The van der Waals surface area contributed by atoms with Gasteiger partial charge in [0.15, 0.2) is 0 Å². The summed E-state index contributed by atoms with van der Waals surface area (Å²) < 4.78 is 5.97. The van der Waals surface area contributed by atoms with Crippen LogP contribution in [0, 0.1) is 0 Å². The first-order valence-electron chi connectivity index (χ1n) is 6.03. The van der Waals surface area contributed by atoms with E-state index in [-0.39, 0.29) is 5.60 Å². The Hall–Kier alpha value is -0.160. The predicted octanol–water partition coefficient (Wildman–Crippen LogP) is -0.177. The molecule has 15 heavy (non-hydrogen) atoms. The number of aliphatic hydroxyl groups is 1. The number of hydrogen-bond donors (Lipinski definition) is 2. The number of aliphatic hydroxyl groups excluding tert-OH is 1. The largest absolute Gasteiger partial charge is 0.396 e. The average molecular weight is 214 g/mol. The van der Waals surface area contributed by atoms with E-state index in [1.807, 2.05) is 0 Å². The summed E-state index contributed by atoms with van der Waals surface area (Å²) in [5.41, 5.74) is 0.110. The van der Waals surface area contributed by atoms with Gasteiger partial charge >= 0.3 is 0 Å². The quantitative estimate of drug-likeness (QED) is 0.684. The van der Waals surface area contributed by atoms with E-state index < -0.39 is 0 Å². The van der Waals surface area contributed by atoms with Gasteiger partial charge in [-0.1, -0.05) is 0 Å². The zero-order valence-corrected chi connectivity index (χ0v) is 9.37. The maximum Gasteiger partial charge on any atom is 0.0833 e. The first kappa shape index (κ1) is 11.3. The zero-order chi connectivity index (χ0) is 10.6. The van der Waals surface area contributed by atoms with Crippen LogP contribution in [0.25, 0.3) is 0 Å². The number of ether oxygens (including phenoxy) is 1.